The van der Waals surface area contributed by atoms with E-state index in [1.807, 2.05) is 11.8 Å². The molecule has 1 aliphatic heterocycles. The fourth-order valence-corrected chi connectivity index (χ4v) is 2.51. The molecule has 0 aromatic heterocycles. The number of carbonyl (C=O) groups excluding carboxylic acids is 2. The summed E-state index contributed by atoms with van der Waals surface area (Å²) < 4.78 is 0. The van der Waals surface area contributed by atoms with E-state index in [1.165, 1.54) is 0 Å². The van der Waals surface area contributed by atoms with Crippen molar-refractivity contribution in [3.8, 4) is 0 Å². The van der Waals surface area contributed by atoms with Gasteiger partial charge in [0.15, 0.2) is 0 Å². The number of amides is 2. The first-order valence-electron chi connectivity index (χ1n) is 6.21. The molecular weight excluding hydrogens is 236 g/mol. The van der Waals surface area contributed by atoms with Crippen LogP contribution in [-0.2, 0) is 9.59 Å². The molecule has 98 valence electrons. The van der Waals surface area contributed by atoms with Gasteiger partial charge in [0, 0.05) is 19.6 Å². The minimum atomic E-state index is -0.0112. The Labute approximate surface area is 108 Å². The summed E-state index contributed by atoms with van der Waals surface area (Å²) in [5.74, 6) is 0.762. The molecule has 1 aliphatic rings. The van der Waals surface area contributed by atoms with Crippen molar-refractivity contribution >= 4 is 23.6 Å². The largest absolute Gasteiger partial charge is 0.356 e. The molecule has 1 N–H and O–H groups in total. The van der Waals surface area contributed by atoms with Crippen molar-refractivity contribution in [1.82, 2.24) is 10.2 Å². The summed E-state index contributed by atoms with van der Waals surface area (Å²) in [7, 11) is 0. The second-order valence-electron chi connectivity index (χ2n) is 4.58. The number of likely N-dealkylation sites (tertiary alicyclic amines) is 1. The molecule has 1 saturated heterocycles. The maximum absolute atomic E-state index is 11.8. The van der Waals surface area contributed by atoms with Crippen LogP contribution < -0.4 is 5.32 Å². The number of nitrogens with zero attached hydrogens (tertiary/aromatic N) is 1. The van der Waals surface area contributed by atoms with Crippen LogP contribution in [0.2, 0.25) is 0 Å². The van der Waals surface area contributed by atoms with Gasteiger partial charge in [-0.3, -0.25) is 9.59 Å². The first-order chi connectivity index (χ1) is 8.04. The van der Waals surface area contributed by atoms with Crippen LogP contribution in [0.1, 0.15) is 27.2 Å². The minimum Gasteiger partial charge on any atom is -0.356 e. The smallest absolute Gasteiger partial charge is 0.232 e. The number of hydrogen-bond donors (Lipinski definition) is 1. The molecule has 1 unspecified atom stereocenters. The molecule has 1 heterocycles. The summed E-state index contributed by atoms with van der Waals surface area (Å²) >= 11 is 1.65. The molecule has 0 radical (unpaired) electrons. The zero-order chi connectivity index (χ0) is 12.8. The third-order valence-corrected chi connectivity index (χ3v) is 3.88. The van der Waals surface area contributed by atoms with Crippen LogP contribution in [0, 0.1) is 5.92 Å². The molecule has 0 bridgehead atoms. The predicted octanol–water partition coefficient (Wildman–Crippen LogP) is 1.11. The Morgan fingerprint density at radius 3 is 2.76 bits per heavy atom. The van der Waals surface area contributed by atoms with Crippen LogP contribution in [0.4, 0.5) is 0 Å². The topological polar surface area (TPSA) is 49.4 Å². The Morgan fingerprint density at radius 1 is 1.47 bits per heavy atom. The molecule has 0 spiro atoms. The molecule has 2 amide bonds. The first-order valence-corrected chi connectivity index (χ1v) is 7.26. The van der Waals surface area contributed by atoms with Crippen molar-refractivity contribution in [3.05, 3.63) is 0 Å². The zero-order valence-corrected chi connectivity index (χ0v) is 11.7. The van der Waals surface area contributed by atoms with Crippen molar-refractivity contribution in [2.75, 3.05) is 25.4 Å². The molecule has 1 rings (SSSR count). The van der Waals surface area contributed by atoms with Gasteiger partial charge in [0.1, 0.15) is 0 Å². The summed E-state index contributed by atoms with van der Waals surface area (Å²) in [6.07, 6.45) is 0.796. The third-order valence-electron chi connectivity index (χ3n) is 2.80. The van der Waals surface area contributed by atoms with E-state index in [0.29, 0.717) is 24.1 Å². The highest BCUT2D eigenvalue weighted by Gasteiger charge is 2.30. The van der Waals surface area contributed by atoms with Gasteiger partial charge in [-0.15, -0.1) is 11.8 Å². The molecule has 0 saturated carbocycles. The van der Waals surface area contributed by atoms with E-state index < -0.39 is 0 Å². The summed E-state index contributed by atoms with van der Waals surface area (Å²) in [5, 5.41) is 3.29. The van der Waals surface area contributed by atoms with E-state index >= 15 is 0 Å². The fourth-order valence-electron chi connectivity index (χ4n) is 1.85. The van der Waals surface area contributed by atoms with E-state index in [2.05, 4.69) is 19.2 Å². The lowest BCUT2D eigenvalue weighted by Gasteiger charge is -2.16. The minimum absolute atomic E-state index is 0.0112. The van der Waals surface area contributed by atoms with Crippen LogP contribution >= 0.6 is 11.8 Å². The van der Waals surface area contributed by atoms with E-state index in [1.54, 1.807) is 11.8 Å². The Hall–Kier alpha value is -0.710. The van der Waals surface area contributed by atoms with E-state index in [0.717, 1.165) is 13.0 Å². The average Bonchev–Trinajstić information content (AvgIpc) is 2.75. The Balaban J connectivity index is 2.34. The molecular formula is C12H22N2O2S. The second kappa shape index (κ2) is 6.89. The van der Waals surface area contributed by atoms with E-state index in [4.69, 9.17) is 0 Å². The van der Waals surface area contributed by atoms with E-state index in [-0.39, 0.29) is 17.7 Å². The van der Waals surface area contributed by atoms with Crippen LogP contribution in [0.15, 0.2) is 0 Å². The number of thioether (sulfide) groups is 1. The van der Waals surface area contributed by atoms with Crippen molar-refractivity contribution in [3.63, 3.8) is 0 Å². The molecule has 1 fully saturated rings. The van der Waals surface area contributed by atoms with Crippen LogP contribution in [0.25, 0.3) is 0 Å². The van der Waals surface area contributed by atoms with Gasteiger partial charge >= 0.3 is 0 Å². The van der Waals surface area contributed by atoms with Crippen LogP contribution in [0.5, 0.6) is 0 Å². The number of rotatable bonds is 5. The van der Waals surface area contributed by atoms with Crippen LogP contribution in [-0.4, -0.2) is 47.4 Å². The average molecular weight is 258 g/mol. The third kappa shape index (κ3) is 4.58. The molecule has 1 atom stereocenters. The molecule has 17 heavy (non-hydrogen) atoms. The lowest BCUT2D eigenvalue weighted by atomic mass is 10.1. The van der Waals surface area contributed by atoms with Crippen LogP contribution in [0.3, 0.4) is 0 Å². The van der Waals surface area contributed by atoms with Gasteiger partial charge in [0.25, 0.3) is 0 Å². The SMILES string of the molecule is CCNC(=O)C1CCN(C(=O)CSC(C)C)C1. The monoisotopic (exact) mass is 258 g/mol. The van der Waals surface area contributed by atoms with Gasteiger partial charge in [0.2, 0.25) is 11.8 Å². The Morgan fingerprint density at radius 2 is 2.18 bits per heavy atom. The molecule has 4 nitrogen and oxygen atoms in total. The lowest BCUT2D eigenvalue weighted by Crippen LogP contribution is -2.35. The Bertz CT molecular complexity index is 282. The first kappa shape index (κ1) is 14.4. The van der Waals surface area contributed by atoms with E-state index in [9.17, 15) is 9.59 Å². The summed E-state index contributed by atoms with van der Waals surface area (Å²) in [5.41, 5.74) is 0. The molecule has 0 aromatic rings. The predicted molar refractivity (Wildman–Crippen MR) is 71.0 cm³/mol. The molecule has 5 heteroatoms. The highest BCUT2D eigenvalue weighted by Crippen LogP contribution is 2.18. The lowest BCUT2D eigenvalue weighted by molar-refractivity contribution is -0.128. The standard InChI is InChI=1S/C12H22N2O2S/c1-4-13-12(16)10-5-6-14(7-10)11(15)8-17-9(2)3/h9-10H,4-8H2,1-3H3,(H,13,16). The second-order valence-corrected chi connectivity index (χ2v) is 6.14. The van der Waals surface area contributed by atoms with Crippen molar-refractivity contribution in [2.45, 2.75) is 32.4 Å². The molecule has 0 aliphatic carbocycles. The van der Waals surface area contributed by atoms with Crippen molar-refractivity contribution in [2.24, 2.45) is 5.92 Å². The summed E-state index contributed by atoms with van der Waals surface area (Å²) in [6.45, 7) is 8.04. The van der Waals surface area contributed by atoms with Gasteiger partial charge < -0.3 is 10.2 Å². The highest BCUT2D eigenvalue weighted by atomic mass is 32.2. The number of nitrogens with one attached hydrogen (secondary N) is 1. The van der Waals surface area contributed by atoms with Gasteiger partial charge in [-0.1, -0.05) is 13.8 Å². The maximum Gasteiger partial charge on any atom is 0.232 e. The van der Waals surface area contributed by atoms with Gasteiger partial charge in [0.05, 0.1) is 11.7 Å². The number of carbonyl (C=O) groups is 2. The summed E-state index contributed by atoms with van der Waals surface area (Å²) in [6, 6.07) is 0. The van der Waals surface area contributed by atoms with Gasteiger partial charge in [-0.05, 0) is 18.6 Å². The maximum atomic E-state index is 11.8. The quantitative estimate of drug-likeness (QED) is 0.804. The molecule has 0 aromatic carbocycles. The zero-order valence-electron chi connectivity index (χ0n) is 10.9. The van der Waals surface area contributed by atoms with Crippen molar-refractivity contribution < 1.29 is 9.59 Å². The highest BCUT2D eigenvalue weighted by molar-refractivity contribution is 8.00. The number of hydrogen-bond acceptors (Lipinski definition) is 3. The fraction of sp³-hybridized carbons (Fsp3) is 0.833. The van der Waals surface area contributed by atoms with Gasteiger partial charge in [-0.25, -0.2) is 0 Å². The summed E-state index contributed by atoms with van der Waals surface area (Å²) in [4.78, 5) is 25.3. The normalized spacial score (nSPS) is 19.8. The van der Waals surface area contributed by atoms with Crippen molar-refractivity contribution in [1.29, 1.82) is 0 Å². The van der Waals surface area contributed by atoms with Gasteiger partial charge in [-0.2, -0.15) is 0 Å². The Kier molecular flexibility index (Phi) is 5.82.